The average molecular weight is 394 g/mol. The second-order valence-electron chi connectivity index (χ2n) is 6.77. The van der Waals surface area contributed by atoms with Crippen LogP contribution in [-0.4, -0.2) is 54.1 Å². The van der Waals surface area contributed by atoms with Crippen molar-refractivity contribution in [2.75, 3.05) is 13.2 Å². The first-order chi connectivity index (χ1) is 11.8. The Labute approximate surface area is 152 Å². The van der Waals surface area contributed by atoms with Gasteiger partial charge in [-0.25, -0.2) is 0 Å². The molecule has 1 saturated heterocycles. The minimum absolute atomic E-state index is 0.0140. The molecule has 1 heterocycles. The quantitative estimate of drug-likeness (QED) is 0.267. The Morgan fingerprint density at radius 2 is 2.24 bits per heavy atom. The van der Waals surface area contributed by atoms with Crippen LogP contribution in [0.15, 0.2) is 5.11 Å². The van der Waals surface area contributed by atoms with Gasteiger partial charge in [0.2, 0.25) is 5.91 Å². The molecule has 144 valence electrons. The molecule has 1 fully saturated rings. The molecule has 0 aromatic carbocycles. The molecule has 7 unspecified atom stereocenters. The fourth-order valence-corrected chi connectivity index (χ4v) is 3.74. The van der Waals surface area contributed by atoms with Crippen LogP contribution >= 0.6 is 18.9 Å². The van der Waals surface area contributed by atoms with Gasteiger partial charge in [-0.3, -0.25) is 4.79 Å². The van der Waals surface area contributed by atoms with Crippen LogP contribution in [0, 0.1) is 5.92 Å². The Hall–Kier alpha value is -0.520. The molecule has 1 rings (SSSR count). The SMILES string of the molecule is CC(=O)NC1C(CCN=[N+]=[N-])CC(C)(C)OC1C(O)C(COP)OP. The second-order valence-corrected chi connectivity index (χ2v) is 7.38. The van der Waals surface area contributed by atoms with Crippen molar-refractivity contribution in [2.24, 2.45) is 11.0 Å². The van der Waals surface area contributed by atoms with E-state index in [0.29, 0.717) is 19.4 Å². The average Bonchev–Trinajstić information content (AvgIpc) is 2.53. The van der Waals surface area contributed by atoms with Gasteiger partial charge in [0.1, 0.15) is 18.3 Å². The molecule has 2 N–H and O–H groups in total. The molecule has 25 heavy (non-hydrogen) atoms. The number of carbonyl (C=O) groups is 1. The zero-order chi connectivity index (χ0) is 19.0. The summed E-state index contributed by atoms with van der Waals surface area (Å²) in [6.45, 7) is 5.74. The van der Waals surface area contributed by atoms with Crippen molar-refractivity contribution in [3.63, 3.8) is 0 Å². The largest absolute Gasteiger partial charge is 0.388 e. The lowest BCUT2D eigenvalue weighted by Crippen LogP contribution is -2.62. The third-order valence-electron chi connectivity index (χ3n) is 4.26. The first-order valence-electron chi connectivity index (χ1n) is 8.06. The maximum absolute atomic E-state index is 11.7. The van der Waals surface area contributed by atoms with E-state index in [1.807, 2.05) is 13.8 Å². The fraction of sp³-hybridized carbons (Fsp3) is 0.929. The summed E-state index contributed by atoms with van der Waals surface area (Å²) >= 11 is 0. The van der Waals surface area contributed by atoms with Crippen LogP contribution in [0.3, 0.4) is 0 Å². The first kappa shape index (κ1) is 22.5. The number of ether oxygens (including phenoxy) is 1. The van der Waals surface area contributed by atoms with E-state index in [1.165, 1.54) is 6.92 Å². The van der Waals surface area contributed by atoms with Crippen LogP contribution in [0.25, 0.3) is 10.4 Å². The van der Waals surface area contributed by atoms with Crippen LogP contribution in [0.2, 0.25) is 0 Å². The van der Waals surface area contributed by atoms with Crippen molar-refractivity contribution < 1.29 is 23.7 Å². The maximum Gasteiger partial charge on any atom is 0.217 e. The summed E-state index contributed by atoms with van der Waals surface area (Å²) in [6, 6.07) is -0.429. The lowest BCUT2D eigenvalue weighted by Gasteiger charge is -2.48. The molecular formula is C14H28N4O5P2. The van der Waals surface area contributed by atoms with E-state index in [9.17, 15) is 9.90 Å². The Kier molecular flexibility index (Phi) is 9.54. The highest BCUT2D eigenvalue weighted by molar-refractivity contribution is 7.10. The van der Waals surface area contributed by atoms with E-state index in [-0.39, 0.29) is 18.4 Å². The Morgan fingerprint density at radius 1 is 1.56 bits per heavy atom. The topological polar surface area (TPSA) is 126 Å². The minimum Gasteiger partial charge on any atom is -0.388 e. The molecule has 11 heteroatoms. The fourth-order valence-electron chi connectivity index (χ4n) is 3.31. The van der Waals surface area contributed by atoms with Gasteiger partial charge >= 0.3 is 0 Å². The van der Waals surface area contributed by atoms with Crippen molar-refractivity contribution in [1.29, 1.82) is 0 Å². The molecule has 0 aromatic rings. The third-order valence-corrected chi connectivity index (χ3v) is 4.80. The molecule has 0 aliphatic carbocycles. The molecular weight excluding hydrogens is 366 g/mol. The minimum atomic E-state index is -1.02. The van der Waals surface area contributed by atoms with Gasteiger partial charge in [-0.2, -0.15) is 0 Å². The molecule has 0 radical (unpaired) electrons. The number of nitrogens with one attached hydrogen (secondary N) is 1. The highest BCUT2D eigenvalue weighted by atomic mass is 31.0. The van der Waals surface area contributed by atoms with E-state index >= 15 is 0 Å². The predicted molar refractivity (Wildman–Crippen MR) is 99.5 cm³/mol. The van der Waals surface area contributed by atoms with Gasteiger partial charge in [-0.05, 0) is 38.1 Å². The van der Waals surface area contributed by atoms with Crippen LogP contribution in [-0.2, 0) is 18.6 Å². The standard InChI is InChI=1S/C14H28N4O5P2/c1-8(19)17-11-9(4-5-16-18-15)6-14(2,3)22-13(11)12(20)10(23-25)7-21-24/h9-13,20H,4-7,24-25H2,1-3H3,(H,17,19). The van der Waals surface area contributed by atoms with Gasteiger partial charge in [0, 0.05) is 37.3 Å². The first-order valence-corrected chi connectivity index (χ1v) is 9.01. The summed E-state index contributed by atoms with van der Waals surface area (Å²) in [7, 11) is 4.23. The summed E-state index contributed by atoms with van der Waals surface area (Å²) in [4.78, 5) is 14.5. The monoisotopic (exact) mass is 394 g/mol. The summed E-state index contributed by atoms with van der Waals surface area (Å²) in [5.74, 6) is -0.232. The van der Waals surface area contributed by atoms with Crippen LogP contribution in [0.1, 0.15) is 33.6 Å². The van der Waals surface area contributed by atoms with Gasteiger partial charge in [0.05, 0.1) is 18.2 Å². The van der Waals surface area contributed by atoms with E-state index in [1.54, 1.807) is 0 Å². The molecule has 0 bridgehead atoms. The molecule has 1 aliphatic rings. The predicted octanol–water partition coefficient (Wildman–Crippen LogP) is 1.72. The number of azide groups is 1. The molecule has 1 amide bonds. The molecule has 1 aliphatic heterocycles. The third kappa shape index (κ3) is 6.95. The summed E-state index contributed by atoms with van der Waals surface area (Å²) in [5.41, 5.74) is 8.00. The molecule has 7 atom stereocenters. The van der Waals surface area contributed by atoms with Gasteiger partial charge in [0.25, 0.3) is 0 Å². The number of rotatable bonds is 9. The molecule has 0 saturated carbocycles. The Morgan fingerprint density at radius 3 is 2.76 bits per heavy atom. The van der Waals surface area contributed by atoms with Crippen molar-refractivity contribution in [3.8, 4) is 0 Å². The number of hydrogen-bond acceptors (Lipinski definition) is 6. The smallest absolute Gasteiger partial charge is 0.217 e. The highest BCUT2D eigenvalue weighted by Crippen LogP contribution is 2.37. The number of amides is 1. The number of nitrogens with zero attached hydrogens (tertiary/aromatic N) is 3. The van der Waals surface area contributed by atoms with Gasteiger partial charge in [-0.15, -0.1) is 0 Å². The lowest BCUT2D eigenvalue weighted by molar-refractivity contribution is -0.195. The summed E-state index contributed by atoms with van der Waals surface area (Å²) in [6.07, 6.45) is -1.10. The van der Waals surface area contributed by atoms with E-state index in [0.717, 1.165) is 0 Å². The van der Waals surface area contributed by atoms with Gasteiger partial charge in [-0.1, -0.05) is 5.11 Å². The number of aliphatic hydroxyl groups is 1. The van der Waals surface area contributed by atoms with Crippen LogP contribution < -0.4 is 5.32 Å². The second kappa shape index (κ2) is 10.6. The van der Waals surface area contributed by atoms with Crippen LogP contribution in [0.5, 0.6) is 0 Å². The van der Waals surface area contributed by atoms with Crippen molar-refractivity contribution in [2.45, 2.75) is 63.6 Å². The zero-order valence-corrected chi connectivity index (χ0v) is 17.1. The van der Waals surface area contributed by atoms with Crippen molar-refractivity contribution in [1.82, 2.24) is 5.32 Å². The Bertz CT molecular complexity index is 490. The number of hydrogen-bond donors (Lipinski definition) is 2. The van der Waals surface area contributed by atoms with Gasteiger partial charge < -0.3 is 24.2 Å². The van der Waals surface area contributed by atoms with Crippen molar-refractivity contribution >= 4 is 24.8 Å². The maximum atomic E-state index is 11.7. The van der Waals surface area contributed by atoms with Crippen LogP contribution in [0.4, 0.5) is 0 Å². The molecule has 0 aromatic heterocycles. The summed E-state index contributed by atoms with van der Waals surface area (Å²) in [5, 5.41) is 17.3. The molecule has 0 spiro atoms. The Balaban J connectivity index is 3.08. The molecule has 9 nitrogen and oxygen atoms in total. The van der Waals surface area contributed by atoms with E-state index < -0.39 is 30.0 Å². The highest BCUT2D eigenvalue weighted by Gasteiger charge is 2.47. The zero-order valence-electron chi connectivity index (χ0n) is 14.8. The normalized spacial score (nSPS) is 27.8. The number of carbonyl (C=O) groups excluding carboxylic acids is 1. The van der Waals surface area contributed by atoms with Gasteiger partial charge in [0.15, 0.2) is 0 Å². The van der Waals surface area contributed by atoms with Crippen molar-refractivity contribution in [3.05, 3.63) is 10.4 Å². The van der Waals surface area contributed by atoms with E-state index in [4.69, 9.17) is 19.3 Å². The lowest BCUT2D eigenvalue weighted by atomic mass is 9.77. The summed E-state index contributed by atoms with van der Waals surface area (Å²) < 4.78 is 16.3. The number of aliphatic hydroxyl groups excluding tert-OH is 1. The van der Waals surface area contributed by atoms with E-state index in [2.05, 4.69) is 34.3 Å².